The van der Waals surface area contributed by atoms with E-state index >= 15 is 0 Å². The van der Waals surface area contributed by atoms with Gasteiger partial charge in [-0.25, -0.2) is 14.4 Å². The van der Waals surface area contributed by atoms with Gasteiger partial charge in [-0.2, -0.15) is 0 Å². The topological polar surface area (TPSA) is 88.1 Å². The molecule has 7 heteroatoms. The number of hydrogen-bond donors (Lipinski definition) is 0. The number of cyclic esters (lactones) is 1. The Morgan fingerprint density at radius 3 is 2.09 bits per heavy atom. The van der Waals surface area contributed by atoms with Crippen molar-refractivity contribution in [2.24, 2.45) is 0 Å². The molecule has 1 aromatic rings. The van der Waals surface area contributed by atoms with Crippen LogP contribution in [0.2, 0.25) is 0 Å². The number of carbonyl (C=O) groups is 3. The predicted molar refractivity (Wildman–Crippen MR) is 165 cm³/mol. The van der Waals surface area contributed by atoms with Crippen LogP contribution >= 0.6 is 0 Å². The number of rotatable bonds is 15. The summed E-state index contributed by atoms with van der Waals surface area (Å²) in [5.41, 5.74) is 3.27. The van der Waals surface area contributed by atoms with Gasteiger partial charge in [0.05, 0.1) is 5.56 Å². The first kappa shape index (κ1) is 31.8. The summed E-state index contributed by atoms with van der Waals surface area (Å²) >= 11 is 0. The van der Waals surface area contributed by atoms with Gasteiger partial charge in [-0.15, -0.1) is 0 Å². The molecule has 2 aliphatic carbocycles. The smallest absolute Gasteiger partial charge is 0.343 e. The standard InChI is InChI=1S/C36H42O7/c1-4-6-7-8-9-10-11-32(33-24-25(3)35(38)43-33)40-29-22-16-28(17-23-29)36(39)42-31-20-14-27(15-21-31)26-12-18-30(19-13-26)41-34(37)5-2/h5,12,14,16-18,20,22-23,32-33H,2-4,6-11,13,15,19,21,24H2,1H3. The van der Waals surface area contributed by atoms with Crippen LogP contribution < -0.4 is 4.74 Å². The number of allylic oxidation sites excluding steroid dienone is 8. The second-order valence-corrected chi connectivity index (χ2v) is 11.2. The van der Waals surface area contributed by atoms with Crippen molar-refractivity contribution in [3.8, 4) is 5.75 Å². The zero-order valence-electron chi connectivity index (χ0n) is 25.1. The molecule has 43 heavy (non-hydrogen) atoms. The van der Waals surface area contributed by atoms with Gasteiger partial charge in [0, 0.05) is 30.9 Å². The van der Waals surface area contributed by atoms with Crippen LogP contribution in [0.15, 0.2) is 96.0 Å². The number of hydrogen-bond acceptors (Lipinski definition) is 7. The largest absolute Gasteiger partial charge is 0.487 e. The summed E-state index contributed by atoms with van der Waals surface area (Å²) in [7, 11) is 0. The van der Waals surface area contributed by atoms with Gasteiger partial charge in [0.1, 0.15) is 29.5 Å². The van der Waals surface area contributed by atoms with Crippen LogP contribution in [0.25, 0.3) is 0 Å². The molecule has 2 atom stereocenters. The highest BCUT2D eigenvalue weighted by Crippen LogP contribution is 2.32. The first-order chi connectivity index (χ1) is 20.9. The van der Waals surface area contributed by atoms with E-state index in [0.717, 1.165) is 38.2 Å². The number of esters is 3. The molecular formula is C36H42O7. The molecule has 1 saturated heterocycles. The van der Waals surface area contributed by atoms with Gasteiger partial charge in [0.15, 0.2) is 0 Å². The first-order valence-electron chi connectivity index (χ1n) is 15.4. The van der Waals surface area contributed by atoms with Crippen molar-refractivity contribution in [1.29, 1.82) is 0 Å². The van der Waals surface area contributed by atoms with E-state index < -0.39 is 11.9 Å². The molecule has 4 rings (SSSR count). The van der Waals surface area contributed by atoms with Gasteiger partial charge in [-0.3, -0.25) is 0 Å². The van der Waals surface area contributed by atoms with Crippen molar-refractivity contribution >= 4 is 17.9 Å². The first-order valence-corrected chi connectivity index (χ1v) is 15.4. The summed E-state index contributed by atoms with van der Waals surface area (Å²) in [6, 6.07) is 6.90. The minimum Gasteiger partial charge on any atom is -0.487 e. The third-order valence-electron chi connectivity index (χ3n) is 7.89. The van der Waals surface area contributed by atoms with Gasteiger partial charge < -0.3 is 18.9 Å². The molecular weight excluding hydrogens is 544 g/mol. The highest BCUT2D eigenvalue weighted by Gasteiger charge is 2.35. The van der Waals surface area contributed by atoms with E-state index in [-0.39, 0.29) is 18.2 Å². The molecule has 0 radical (unpaired) electrons. The summed E-state index contributed by atoms with van der Waals surface area (Å²) in [6.07, 6.45) is 19.2. The summed E-state index contributed by atoms with van der Waals surface area (Å²) in [4.78, 5) is 36.2. The molecule has 0 amide bonds. The Bertz CT molecular complexity index is 1310. The van der Waals surface area contributed by atoms with Crippen LogP contribution in [0, 0.1) is 0 Å². The fraction of sp³-hybridized carbons (Fsp3) is 0.417. The van der Waals surface area contributed by atoms with Gasteiger partial charge in [-0.05, 0) is 73.2 Å². The Hall–Kier alpha value is -4.13. The fourth-order valence-corrected chi connectivity index (χ4v) is 5.38. The van der Waals surface area contributed by atoms with Crippen molar-refractivity contribution in [2.75, 3.05) is 0 Å². The maximum atomic E-state index is 12.8. The lowest BCUT2D eigenvalue weighted by atomic mass is 9.90. The van der Waals surface area contributed by atoms with E-state index in [1.165, 1.54) is 36.8 Å². The zero-order chi connectivity index (χ0) is 30.6. The van der Waals surface area contributed by atoms with E-state index in [1.54, 1.807) is 24.3 Å². The highest BCUT2D eigenvalue weighted by atomic mass is 16.6. The molecule has 1 heterocycles. The second kappa shape index (κ2) is 15.9. The molecule has 228 valence electrons. The number of unbranched alkanes of at least 4 members (excludes halogenated alkanes) is 5. The third-order valence-corrected chi connectivity index (χ3v) is 7.89. The SMILES string of the molecule is C=CC(=O)OC1=CC=C(C2=CC=C(OC(=O)c3ccc(OC(CCCCCCCC)C4CC(=C)C(=O)O4)cc3)CC2)CC1. The van der Waals surface area contributed by atoms with Gasteiger partial charge in [-0.1, -0.05) is 64.3 Å². The summed E-state index contributed by atoms with van der Waals surface area (Å²) in [5, 5.41) is 0. The Morgan fingerprint density at radius 1 is 0.907 bits per heavy atom. The fourth-order valence-electron chi connectivity index (χ4n) is 5.38. The summed E-state index contributed by atoms with van der Waals surface area (Å²) in [5.74, 6) is 0.631. The quantitative estimate of drug-likeness (QED) is 0.0887. The van der Waals surface area contributed by atoms with Crippen molar-refractivity contribution in [3.05, 3.63) is 102 Å². The molecule has 0 saturated carbocycles. The zero-order valence-corrected chi connectivity index (χ0v) is 25.1. The van der Waals surface area contributed by atoms with E-state index in [1.807, 2.05) is 24.3 Å². The minimum absolute atomic E-state index is 0.274. The maximum Gasteiger partial charge on any atom is 0.343 e. The molecule has 0 bridgehead atoms. The van der Waals surface area contributed by atoms with Crippen molar-refractivity contribution in [3.63, 3.8) is 0 Å². The molecule has 3 aliphatic rings. The third kappa shape index (κ3) is 9.43. The Labute approximate surface area is 254 Å². The molecule has 1 fully saturated rings. The Morgan fingerprint density at radius 2 is 1.53 bits per heavy atom. The van der Waals surface area contributed by atoms with Crippen LogP contribution in [-0.4, -0.2) is 30.1 Å². The Balaban J connectivity index is 1.31. The summed E-state index contributed by atoms with van der Waals surface area (Å²) < 4.78 is 22.7. The van der Waals surface area contributed by atoms with Gasteiger partial charge in [0.25, 0.3) is 0 Å². The predicted octanol–water partition coefficient (Wildman–Crippen LogP) is 8.15. The lowest BCUT2D eigenvalue weighted by Crippen LogP contribution is -2.31. The van der Waals surface area contributed by atoms with E-state index in [9.17, 15) is 14.4 Å². The monoisotopic (exact) mass is 586 g/mol. The number of ether oxygens (including phenoxy) is 4. The molecule has 0 N–H and O–H groups in total. The molecule has 2 unspecified atom stereocenters. The van der Waals surface area contributed by atoms with Crippen molar-refractivity contribution in [2.45, 2.75) is 96.2 Å². The van der Waals surface area contributed by atoms with Gasteiger partial charge in [0.2, 0.25) is 0 Å². The van der Waals surface area contributed by atoms with E-state index in [4.69, 9.17) is 18.9 Å². The van der Waals surface area contributed by atoms with Crippen LogP contribution in [0.1, 0.15) is 94.3 Å². The average molecular weight is 587 g/mol. The molecule has 0 aromatic heterocycles. The van der Waals surface area contributed by atoms with Crippen LogP contribution in [0.5, 0.6) is 5.75 Å². The average Bonchev–Trinajstić information content (AvgIpc) is 3.36. The molecule has 0 spiro atoms. The van der Waals surface area contributed by atoms with Crippen LogP contribution in [-0.2, 0) is 23.8 Å². The number of carbonyl (C=O) groups excluding carboxylic acids is 3. The lowest BCUT2D eigenvalue weighted by molar-refractivity contribution is -0.142. The summed E-state index contributed by atoms with van der Waals surface area (Å²) in [6.45, 7) is 9.44. The maximum absolute atomic E-state index is 12.8. The van der Waals surface area contributed by atoms with E-state index in [2.05, 4.69) is 20.1 Å². The minimum atomic E-state index is -0.452. The Kier molecular flexibility index (Phi) is 11.8. The van der Waals surface area contributed by atoms with Crippen molar-refractivity contribution in [1.82, 2.24) is 0 Å². The normalized spacial score (nSPS) is 18.9. The van der Waals surface area contributed by atoms with Crippen LogP contribution in [0.3, 0.4) is 0 Å². The highest BCUT2D eigenvalue weighted by molar-refractivity contribution is 5.90. The van der Waals surface area contributed by atoms with Gasteiger partial charge >= 0.3 is 17.9 Å². The molecule has 1 aromatic carbocycles. The molecule has 1 aliphatic heterocycles. The van der Waals surface area contributed by atoms with E-state index in [0.29, 0.717) is 47.7 Å². The second-order valence-electron chi connectivity index (χ2n) is 11.2. The molecule has 7 nitrogen and oxygen atoms in total. The van der Waals surface area contributed by atoms with Crippen LogP contribution in [0.4, 0.5) is 0 Å². The van der Waals surface area contributed by atoms with Crippen molar-refractivity contribution < 1.29 is 33.3 Å². The lowest BCUT2D eigenvalue weighted by Gasteiger charge is -2.24. The number of benzene rings is 1.